The van der Waals surface area contributed by atoms with Crippen molar-refractivity contribution in [2.24, 2.45) is 0 Å². The standard InChI is InChI=1S/C63H41NO/c1-3-21-48(22-4-1)63(49-23-5-2-6-24-49)56-28-13-11-26-53(56)61-57(63)29-16-30-58(61)64(59-31-15-27-52-51-25-12-14-32-60(51)65-62(52)59)50-37-35-43(36-38-50)54-40-45-19-9-10-20-46(45)41-55(54)47-34-33-42-17-7-8-18-44(42)39-47/h1-41H. The number of anilines is 3. The van der Waals surface area contributed by atoms with Crippen LogP contribution in [0.15, 0.2) is 253 Å². The number of benzene rings is 11. The molecule has 0 aliphatic heterocycles. The highest BCUT2D eigenvalue weighted by Crippen LogP contribution is 2.60. The summed E-state index contributed by atoms with van der Waals surface area (Å²) in [6.45, 7) is 0. The van der Waals surface area contributed by atoms with E-state index in [2.05, 4.69) is 248 Å². The zero-order valence-corrected chi connectivity index (χ0v) is 35.5. The van der Waals surface area contributed by atoms with Crippen molar-refractivity contribution in [3.8, 4) is 33.4 Å². The minimum absolute atomic E-state index is 0.541. The Hall–Kier alpha value is -8.46. The maximum atomic E-state index is 6.86. The van der Waals surface area contributed by atoms with Gasteiger partial charge in [0.25, 0.3) is 0 Å². The van der Waals surface area contributed by atoms with Gasteiger partial charge in [0.05, 0.1) is 16.8 Å². The normalized spacial score (nSPS) is 12.7. The molecule has 2 heteroatoms. The largest absolute Gasteiger partial charge is 0.454 e. The molecule has 0 saturated carbocycles. The topological polar surface area (TPSA) is 16.4 Å². The van der Waals surface area contributed by atoms with E-state index < -0.39 is 5.41 Å². The Morgan fingerprint density at radius 1 is 0.338 bits per heavy atom. The zero-order valence-electron chi connectivity index (χ0n) is 35.5. The Bertz CT molecular complexity index is 3730. The van der Waals surface area contributed by atoms with Gasteiger partial charge in [0, 0.05) is 22.0 Å². The van der Waals surface area contributed by atoms with Gasteiger partial charge in [-0.3, -0.25) is 0 Å². The van der Waals surface area contributed by atoms with Gasteiger partial charge in [-0.15, -0.1) is 0 Å². The van der Waals surface area contributed by atoms with Crippen LogP contribution >= 0.6 is 0 Å². The molecule has 0 unspecified atom stereocenters. The fourth-order valence-corrected chi connectivity index (χ4v) is 10.8. The SMILES string of the molecule is c1ccc(C2(c3ccccc3)c3ccccc3-c3c(N(c4ccc(-c5cc6ccccc6cc5-c5ccc6ccccc6c5)cc4)c4cccc5c4oc4ccccc45)cccc32)cc1. The molecule has 1 aliphatic carbocycles. The second-order valence-corrected chi connectivity index (χ2v) is 17.2. The van der Waals surface area contributed by atoms with Gasteiger partial charge in [0.15, 0.2) is 5.58 Å². The molecule has 2 nitrogen and oxygen atoms in total. The van der Waals surface area contributed by atoms with Crippen molar-refractivity contribution < 1.29 is 4.42 Å². The molecule has 1 aliphatic rings. The van der Waals surface area contributed by atoms with Gasteiger partial charge in [0.2, 0.25) is 0 Å². The summed E-state index contributed by atoms with van der Waals surface area (Å²) in [5, 5.41) is 7.10. The lowest BCUT2D eigenvalue weighted by molar-refractivity contribution is 0.669. The van der Waals surface area contributed by atoms with Crippen molar-refractivity contribution in [3.05, 3.63) is 271 Å². The first kappa shape index (κ1) is 37.1. The van der Waals surface area contributed by atoms with Crippen molar-refractivity contribution in [3.63, 3.8) is 0 Å². The van der Waals surface area contributed by atoms with E-state index in [9.17, 15) is 0 Å². The summed E-state index contributed by atoms with van der Waals surface area (Å²) in [5.74, 6) is 0. The second-order valence-electron chi connectivity index (χ2n) is 17.2. The molecule has 0 bridgehead atoms. The van der Waals surface area contributed by atoms with Gasteiger partial charge in [-0.25, -0.2) is 0 Å². The number of furan rings is 1. The van der Waals surface area contributed by atoms with Gasteiger partial charge < -0.3 is 9.32 Å². The summed E-state index contributed by atoms with van der Waals surface area (Å²) in [6, 6.07) is 90.9. The Morgan fingerprint density at radius 3 is 1.62 bits per heavy atom. The third-order valence-corrected chi connectivity index (χ3v) is 13.7. The van der Waals surface area contributed by atoms with Crippen molar-refractivity contribution in [2.75, 3.05) is 4.90 Å². The lowest BCUT2D eigenvalue weighted by atomic mass is 9.68. The molecule has 1 heterocycles. The van der Waals surface area contributed by atoms with Gasteiger partial charge in [0.1, 0.15) is 5.58 Å². The molecular formula is C63H41NO. The Balaban J connectivity index is 1.06. The summed E-state index contributed by atoms with van der Waals surface area (Å²) in [5.41, 5.74) is 16.5. The van der Waals surface area contributed by atoms with E-state index in [1.54, 1.807) is 0 Å². The van der Waals surface area contributed by atoms with E-state index in [4.69, 9.17) is 4.42 Å². The molecule has 0 radical (unpaired) electrons. The summed E-state index contributed by atoms with van der Waals surface area (Å²) in [6.07, 6.45) is 0. The van der Waals surface area contributed by atoms with Crippen LogP contribution in [0.5, 0.6) is 0 Å². The molecule has 1 aromatic heterocycles. The molecule has 0 spiro atoms. The van der Waals surface area contributed by atoms with Crippen LogP contribution in [0.2, 0.25) is 0 Å². The molecule has 304 valence electrons. The summed E-state index contributed by atoms with van der Waals surface area (Å²) in [7, 11) is 0. The molecular weight excluding hydrogens is 787 g/mol. The van der Waals surface area contributed by atoms with Crippen LogP contribution in [0.1, 0.15) is 22.3 Å². The van der Waals surface area contributed by atoms with E-state index in [1.165, 1.54) is 71.6 Å². The number of hydrogen-bond acceptors (Lipinski definition) is 2. The molecule has 12 aromatic rings. The highest BCUT2D eigenvalue weighted by molar-refractivity contribution is 6.11. The summed E-state index contributed by atoms with van der Waals surface area (Å²) >= 11 is 0. The van der Waals surface area contributed by atoms with Crippen molar-refractivity contribution in [2.45, 2.75) is 5.41 Å². The lowest BCUT2D eigenvalue weighted by Gasteiger charge is -2.34. The average Bonchev–Trinajstić information content (AvgIpc) is 3.92. The molecule has 11 aromatic carbocycles. The monoisotopic (exact) mass is 827 g/mol. The first-order valence-corrected chi connectivity index (χ1v) is 22.4. The molecule has 13 rings (SSSR count). The quantitative estimate of drug-likeness (QED) is 0.159. The number of para-hydroxylation sites is 2. The van der Waals surface area contributed by atoms with Gasteiger partial charge in [-0.2, -0.15) is 0 Å². The number of hydrogen-bond donors (Lipinski definition) is 0. The predicted molar refractivity (Wildman–Crippen MR) is 272 cm³/mol. The van der Waals surface area contributed by atoms with E-state index >= 15 is 0 Å². The van der Waals surface area contributed by atoms with E-state index in [1.807, 2.05) is 6.07 Å². The molecule has 65 heavy (non-hydrogen) atoms. The van der Waals surface area contributed by atoms with Crippen LogP contribution in [0, 0.1) is 0 Å². The minimum atomic E-state index is -0.541. The van der Waals surface area contributed by atoms with Crippen LogP contribution in [0.25, 0.3) is 76.9 Å². The molecule has 0 saturated heterocycles. The third kappa shape index (κ3) is 5.74. The second kappa shape index (κ2) is 14.8. The van der Waals surface area contributed by atoms with Crippen molar-refractivity contribution >= 4 is 60.5 Å². The van der Waals surface area contributed by atoms with Crippen LogP contribution < -0.4 is 4.90 Å². The fraction of sp³-hybridized carbons (Fsp3) is 0.0159. The molecule has 0 N–H and O–H groups in total. The smallest absolute Gasteiger partial charge is 0.159 e. The van der Waals surface area contributed by atoms with Crippen molar-refractivity contribution in [1.29, 1.82) is 0 Å². The van der Waals surface area contributed by atoms with Crippen LogP contribution in [-0.4, -0.2) is 0 Å². The minimum Gasteiger partial charge on any atom is -0.454 e. The Kier molecular flexibility index (Phi) is 8.47. The van der Waals surface area contributed by atoms with Gasteiger partial charge >= 0.3 is 0 Å². The highest BCUT2D eigenvalue weighted by Gasteiger charge is 2.47. The number of fused-ring (bicyclic) bond motifs is 8. The highest BCUT2D eigenvalue weighted by atomic mass is 16.3. The maximum Gasteiger partial charge on any atom is 0.159 e. The predicted octanol–water partition coefficient (Wildman–Crippen LogP) is 17.1. The molecule has 0 amide bonds. The first-order valence-electron chi connectivity index (χ1n) is 22.4. The average molecular weight is 828 g/mol. The number of nitrogens with zero attached hydrogens (tertiary/aromatic N) is 1. The number of rotatable bonds is 7. The third-order valence-electron chi connectivity index (χ3n) is 13.7. The Morgan fingerprint density at radius 2 is 0.877 bits per heavy atom. The van der Waals surface area contributed by atoms with E-state index in [-0.39, 0.29) is 0 Å². The summed E-state index contributed by atoms with van der Waals surface area (Å²) in [4.78, 5) is 2.43. The summed E-state index contributed by atoms with van der Waals surface area (Å²) < 4.78 is 6.86. The first-order chi connectivity index (χ1) is 32.2. The van der Waals surface area contributed by atoms with Gasteiger partial charge in [-0.05, 0) is 120 Å². The molecule has 0 atom stereocenters. The molecule has 0 fully saturated rings. The van der Waals surface area contributed by atoms with Crippen LogP contribution in [0.3, 0.4) is 0 Å². The zero-order chi connectivity index (χ0) is 42.9. The van der Waals surface area contributed by atoms with E-state index in [0.717, 1.165) is 44.6 Å². The van der Waals surface area contributed by atoms with Gasteiger partial charge in [-0.1, -0.05) is 200 Å². The van der Waals surface area contributed by atoms with Crippen LogP contribution in [0.4, 0.5) is 17.1 Å². The fourth-order valence-electron chi connectivity index (χ4n) is 10.8. The van der Waals surface area contributed by atoms with Crippen LogP contribution in [-0.2, 0) is 5.41 Å². The maximum absolute atomic E-state index is 6.86. The van der Waals surface area contributed by atoms with E-state index in [0.29, 0.717) is 0 Å². The lowest BCUT2D eigenvalue weighted by Crippen LogP contribution is -2.28. The van der Waals surface area contributed by atoms with Crippen molar-refractivity contribution in [1.82, 2.24) is 0 Å². The Labute approximate surface area is 377 Å².